The number of nitrogens with zero attached hydrogens (tertiary/aromatic N) is 3. The van der Waals surface area contributed by atoms with E-state index >= 15 is 0 Å². The number of hydrogen-bond donors (Lipinski definition) is 1. The van der Waals surface area contributed by atoms with E-state index in [4.69, 9.17) is 4.74 Å². The largest absolute Gasteiger partial charge is 0.375 e. The number of nitrogens with one attached hydrogen (secondary N) is 1. The predicted molar refractivity (Wildman–Crippen MR) is 155 cm³/mol. The summed E-state index contributed by atoms with van der Waals surface area (Å²) >= 11 is 0. The first-order valence-corrected chi connectivity index (χ1v) is 16.6. The van der Waals surface area contributed by atoms with Crippen molar-refractivity contribution in [1.82, 2.24) is 14.5 Å². The molecule has 1 saturated heterocycles. The first kappa shape index (κ1) is 29.7. The average Bonchev–Trinajstić information content (AvgIpc) is 3.26. The number of para-hydroxylation sites is 1. The van der Waals surface area contributed by atoms with Gasteiger partial charge < -0.3 is 14.5 Å². The number of rotatable bonds is 12. The molecular formula is C28H40N4O5S2. The molecule has 9 nitrogen and oxygen atoms in total. The monoisotopic (exact) mass is 576 g/mol. The van der Waals surface area contributed by atoms with Crippen LogP contribution in [0.15, 0.2) is 54.6 Å². The molecule has 1 amide bonds. The van der Waals surface area contributed by atoms with E-state index in [2.05, 4.69) is 9.62 Å². The maximum atomic E-state index is 13.7. The van der Waals surface area contributed by atoms with Crippen molar-refractivity contribution in [2.24, 2.45) is 0 Å². The molecule has 2 aliphatic rings. The molecule has 2 heterocycles. The van der Waals surface area contributed by atoms with Crippen LogP contribution in [0.4, 0.5) is 5.69 Å². The molecule has 1 N–H and O–H groups in total. The van der Waals surface area contributed by atoms with Gasteiger partial charge in [-0.2, -0.15) is 0 Å². The number of sulfonamides is 1. The molecule has 2 aromatic carbocycles. The van der Waals surface area contributed by atoms with Crippen molar-refractivity contribution in [3.63, 3.8) is 0 Å². The van der Waals surface area contributed by atoms with Crippen LogP contribution in [0.5, 0.6) is 0 Å². The second kappa shape index (κ2) is 12.9. The highest BCUT2D eigenvalue weighted by Crippen LogP contribution is 2.47. The lowest BCUT2D eigenvalue weighted by Crippen LogP contribution is -2.54. The number of hydrogen-bond acceptors (Lipinski definition) is 6. The quantitative estimate of drug-likeness (QED) is 0.416. The van der Waals surface area contributed by atoms with E-state index in [-0.39, 0.29) is 17.9 Å². The van der Waals surface area contributed by atoms with Crippen molar-refractivity contribution in [2.45, 2.75) is 37.8 Å². The number of ether oxygens (including phenoxy) is 1. The third-order valence-corrected chi connectivity index (χ3v) is 10.0. The van der Waals surface area contributed by atoms with Crippen LogP contribution in [-0.2, 0) is 42.6 Å². The zero-order valence-electron chi connectivity index (χ0n) is 23.0. The lowest BCUT2D eigenvalue weighted by Gasteiger charge is -2.40. The van der Waals surface area contributed by atoms with E-state index in [1.165, 1.54) is 10.6 Å². The molecule has 1 spiro atoms. The molecule has 2 atom stereocenters. The highest BCUT2D eigenvalue weighted by molar-refractivity contribution is 7.92. The first-order chi connectivity index (χ1) is 18.6. The minimum atomic E-state index is -3.41. The second-order valence-corrected chi connectivity index (χ2v) is 13.8. The van der Waals surface area contributed by atoms with Gasteiger partial charge in [-0.3, -0.25) is 9.10 Å². The molecule has 0 aliphatic carbocycles. The van der Waals surface area contributed by atoms with Crippen LogP contribution >= 0.6 is 0 Å². The summed E-state index contributed by atoms with van der Waals surface area (Å²) in [6.07, 6.45) is 2.55. The summed E-state index contributed by atoms with van der Waals surface area (Å²) in [6.45, 7) is 5.40. The number of benzene rings is 2. The number of carbonyl (C=O) groups is 1. The Kier molecular flexibility index (Phi) is 9.82. The Labute approximate surface area is 235 Å². The van der Waals surface area contributed by atoms with Gasteiger partial charge in [-0.25, -0.2) is 17.3 Å². The molecule has 1 fully saturated rings. The van der Waals surface area contributed by atoms with Crippen LogP contribution in [0.1, 0.15) is 30.9 Å². The van der Waals surface area contributed by atoms with Crippen LogP contribution in [0.25, 0.3) is 0 Å². The zero-order valence-corrected chi connectivity index (χ0v) is 24.7. The maximum Gasteiger partial charge on any atom is 0.243 e. The van der Waals surface area contributed by atoms with E-state index in [1.54, 1.807) is 4.90 Å². The van der Waals surface area contributed by atoms with E-state index < -0.39 is 27.1 Å². The molecule has 214 valence electrons. The van der Waals surface area contributed by atoms with Gasteiger partial charge in [-0.1, -0.05) is 55.5 Å². The summed E-state index contributed by atoms with van der Waals surface area (Å²) in [5.41, 5.74) is 2.45. The number of carbonyl (C=O) groups excluding carboxylic acids is 1. The van der Waals surface area contributed by atoms with Crippen LogP contribution in [0.2, 0.25) is 0 Å². The van der Waals surface area contributed by atoms with Gasteiger partial charge in [0.25, 0.3) is 0 Å². The predicted octanol–water partition coefficient (Wildman–Crippen LogP) is 2.12. The molecule has 0 bridgehead atoms. The molecule has 2 aliphatic heterocycles. The van der Waals surface area contributed by atoms with Crippen molar-refractivity contribution in [2.75, 3.05) is 62.7 Å². The van der Waals surface area contributed by atoms with Gasteiger partial charge in [0, 0.05) is 31.6 Å². The summed E-state index contributed by atoms with van der Waals surface area (Å²) in [6, 6.07) is 16.7. The van der Waals surface area contributed by atoms with Gasteiger partial charge in [-0.05, 0) is 43.6 Å². The van der Waals surface area contributed by atoms with Crippen LogP contribution < -0.4 is 9.03 Å². The van der Waals surface area contributed by atoms with Crippen LogP contribution in [0.3, 0.4) is 0 Å². The van der Waals surface area contributed by atoms with Crippen molar-refractivity contribution < 1.29 is 22.2 Å². The van der Waals surface area contributed by atoms with Crippen LogP contribution in [-0.4, -0.2) is 92.8 Å². The summed E-state index contributed by atoms with van der Waals surface area (Å²) in [7, 11) is -2.83. The summed E-state index contributed by atoms with van der Waals surface area (Å²) < 4.78 is 48.3. The average molecular weight is 577 g/mol. The maximum absolute atomic E-state index is 13.7. The molecule has 4 rings (SSSR count). The normalized spacial score (nSPS) is 18.4. The molecule has 0 radical (unpaired) electrons. The Morgan fingerprint density at radius 1 is 1.13 bits per heavy atom. The highest BCUT2D eigenvalue weighted by atomic mass is 32.2. The number of fused-ring (bicyclic) bond motifs is 2. The Hall–Kier alpha value is -2.31. The topological polar surface area (TPSA) is 99.3 Å². The molecule has 2 aromatic rings. The van der Waals surface area contributed by atoms with Crippen molar-refractivity contribution in [3.05, 3.63) is 65.7 Å². The lowest BCUT2D eigenvalue weighted by molar-refractivity contribution is -0.136. The van der Waals surface area contributed by atoms with E-state index in [1.807, 2.05) is 68.6 Å². The van der Waals surface area contributed by atoms with Crippen LogP contribution in [0, 0.1) is 0 Å². The van der Waals surface area contributed by atoms with Crippen molar-refractivity contribution in [1.29, 1.82) is 0 Å². The van der Waals surface area contributed by atoms with Crippen molar-refractivity contribution in [3.8, 4) is 0 Å². The van der Waals surface area contributed by atoms with E-state index in [0.29, 0.717) is 51.4 Å². The van der Waals surface area contributed by atoms with Gasteiger partial charge in [-0.15, -0.1) is 0 Å². The number of likely N-dealkylation sites (tertiary alicyclic amines) is 1. The van der Waals surface area contributed by atoms with Crippen molar-refractivity contribution >= 4 is 32.6 Å². The number of amides is 1. The second-order valence-electron chi connectivity index (χ2n) is 10.5. The Morgan fingerprint density at radius 3 is 2.46 bits per heavy atom. The third kappa shape index (κ3) is 7.26. The van der Waals surface area contributed by atoms with Gasteiger partial charge in [0.05, 0.1) is 41.9 Å². The fourth-order valence-electron chi connectivity index (χ4n) is 5.32. The molecule has 11 heteroatoms. The molecular weight excluding hydrogens is 536 g/mol. The molecule has 39 heavy (non-hydrogen) atoms. The Morgan fingerprint density at radius 2 is 1.79 bits per heavy atom. The van der Waals surface area contributed by atoms with E-state index in [0.717, 1.165) is 23.4 Å². The smallest absolute Gasteiger partial charge is 0.243 e. The fraction of sp³-hybridized carbons (Fsp3) is 0.536. The third-order valence-electron chi connectivity index (χ3n) is 7.79. The minimum Gasteiger partial charge on any atom is -0.375 e. The summed E-state index contributed by atoms with van der Waals surface area (Å²) in [4.78, 5) is 17.6. The van der Waals surface area contributed by atoms with Gasteiger partial charge in [0.2, 0.25) is 15.9 Å². The lowest BCUT2D eigenvalue weighted by atomic mass is 9.74. The Bertz CT molecular complexity index is 1250. The number of piperidine rings is 1. The van der Waals surface area contributed by atoms with Gasteiger partial charge >= 0.3 is 0 Å². The van der Waals surface area contributed by atoms with Gasteiger partial charge in [0.15, 0.2) is 0 Å². The van der Waals surface area contributed by atoms with Gasteiger partial charge in [0.1, 0.15) is 6.04 Å². The first-order valence-electron chi connectivity index (χ1n) is 13.4. The summed E-state index contributed by atoms with van der Waals surface area (Å²) in [5, 5.41) is 0. The molecule has 1 unspecified atom stereocenters. The Balaban J connectivity index is 1.43. The molecule has 0 saturated carbocycles. The minimum absolute atomic E-state index is 0.107. The number of anilines is 1. The SMILES string of the molecule is CCN(C)CCS(=O)N[C@H](COCc1ccccc1)C(=O)N1CCC2(CC1)CN(S(C)(=O)=O)c1ccccc12. The standard InChI is InChI=1S/C28H40N4O5S2/c1-4-30(2)18-19-38(34)29-25(21-37-20-23-10-6-5-7-11-23)27(33)31-16-14-28(15-17-31)22-32(39(3,35)36)26-13-9-8-12-24(26)28/h5-13,25,29H,4,14-22H2,1-3H3/t25-,38?/m1/s1. The zero-order chi connectivity index (χ0) is 28.0. The van der Waals surface area contributed by atoms with E-state index in [9.17, 15) is 17.4 Å². The highest BCUT2D eigenvalue weighted by Gasteiger charge is 2.47. The summed E-state index contributed by atoms with van der Waals surface area (Å²) in [5.74, 6) is 0.273. The molecule has 0 aromatic heterocycles. The fourth-order valence-corrected chi connectivity index (χ4v) is 7.40.